The number of carbonyl (C=O) groups is 1. The van der Waals surface area contributed by atoms with Crippen molar-refractivity contribution in [2.24, 2.45) is 0 Å². The Kier molecular flexibility index (Phi) is 7.70. The zero-order valence-electron chi connectivity index (χ0n) is 13.6. The highest BCUT2D eigenvalue weighted by Crippen LogP contribution is 2.22. The third-order valence-electron chi connectivity index (χ3n) is 2.90. The molecule has 0 aliphatic carbocycles. The number of hydrogen-bond donors (Lipinski definition) is 1. The van der Waals surface area contributed by atoms with Crippen molar-refractivity contribution in [1.29, 1.82) is 0 Å². The van der Waals surface area contributed by atoms with Gasteiger partial charge in [-0.1, -0.05) is 11.8 Å². The zero-order valence-corrected chi connectivity index (χ0v) is 15.3. The zero-order chi connectivity index (χ0) is 17.4. The first kappa shape index (κ1) is 18.9. The number of esters is 1. The molecule has 9 heteroatoms. The van der Waals surface area contributed by atoms with Crippen LogP contribution in [0.5, 0.6) is 0 Å². The summed E-state index contributed by atoms with van der Waals surface area (Å²) in [6, 6.07) is 1.81. The smallest absolute Gasteiger partial charge is 0.316 e. The van der Waals surface area contributed by atoms with Gasteiger partial charge < -0.3 is 19.2 Å². The van der Waals surface area contributed by atoms with Gasteiger partial charge in [0.15, 0.2) is 5.16 Å². The van der Waals surface area contributed by atoms with Gasteiger partial charge in [-0.05, 0) is 19.9 Å². The summed E-state index contributed by atoms with van der Waals surface area (Å²) in [6.07, 6.45) is 0. The molecular formula is C15H20N2O5S2. The van der Waals surface area contributed by atoms with Crippen molar-refractivity contribution in [2.45, 2.75) is 19.0 Å². The fourth-order valence-corrected chi connectivity index (χ4v) is 3.44. The third kappa shape index (κ3) is 5.90. The molecule has 2 rings (SSSR count). The highest BCUT2D eigenvalue weighted by Gasteiger charge is 2.10. The number of nitrogens with one attached hydrogen (secondary N) is 1. The van der Waals surface area contributed by atoms with Crippen LogP contribution in [0.2, 0.25) is 0 Å². The lowest BCUT2D eigenvalue weighted by molar-refractivity contribution is -0.142. The summed E-state index contributed by atoms with van der Waals surface area (Å²) < 4.78 is 15.4. The number of hydrogen-bond acceptors (Lipinski definition) is 8. The average Bonchev–Trinajstić information content (AvgIpc) is 2.93. The summed E-state index contributed by atoms with van der Waals surface area (Å²) in [4.78, 5) is 32.3. The molecule has 0 amide bonds. The highest BCUT2D eigenvalue weighted by atomic mass is 32.2. The molecule has 7 nitrogen and oxygen atoms in total. The third-order valence-corrected chi connectivity index (χ3v) is 4.69. The number of aryl methyl sites for hydroxylation is 1. The predicted molar refractivity (Wildman–Crippen MR) is 94.0 cm³/mol. The molecule has 0 aliphatic heterocycles. The molecule has 0 bridgehead atoms. The van der Waals surface area contributed by atoms with E-state index >= 15 is 0 Å². The quantitative estimate of drug-likeness (QED) is 0.295. The van der Waals surface area contributed by atoms with Gasteiger partial charge in [0.1, 0.15) is 11.4 Å². The van der Waals surface area contributed by atoms with E-state index in [0.717, 1.165) is 16.6 Å². The van der Waals surface area contributed by atoms with E-state index in [1.807, 2.05) is 13.8 Å². The van der Waals surface area contributed by atoms with Gasteiger partial charge in [-0.3, -0.25) is 9.59 Å². The minimum atomic E-state index is -0.376. The monoisotopic (exact) mass is 372 g/mol. The molecule has 0 fully saturated rings. The topological polar surface area (TPSA) is 90.5 Å². The maximum absolute atomic E-state index is 11.9. The Bertz CT molecular complexity index is 728. The van der Waals surface area contributed by atoms with Crippen molar-refractivity contribution in [2.75, 3.05) is 38.8 Å². The van der Waals surface area contributed by atoms with Gasteiger partial charge in [-0.15, -0.1) is 11.3 Å². The summed E-state index contributed by atoms with van der Waals surface area (Å²) in [5, 5.41) is 0.993. The molecule has 0 aromatic carbocycles. The molecule has 24 heavy (non-hydrogen) atoms. The van der Waals surface area contributed by atoms with Gasteiger partial charge in [-0.2, -0.15) is 0 Å². The first-order valence-corrected chi connectivity index (χ1v) is 9.34. The van der Waals surface area contributed by atoms with Crippen molar-refractivity contribution in [1.82, 2.24) is 9.97 Å². The Morgan fingerprint density at radius 2 is 2.04 bits per heavy atom. The van der Waals surface area contributed by atoms with Crippen LogP contribution in [0.25, 0.3) is 10.2 Å². The van der Waals surface area contributed by atoms with Gasteiger partial charge in [0.05, 0.1) is 31.0 Å². The lowest BCUT2D eigenvalue weighted by Crippen LogP contribution is -2.15. The molecule has 1 N–H and O–H groups in total. The number of carbonyl (C=O) groups excluding carboxylic acids is 1. The number of thiophene rings is 1. The second kappa shape index (κ2) is 9.77. The standard InChI is InChI=1S/C15H20N2O5S2/c1-3-20-4-5-21-6-7-22-12(18)9-23-15-16-13(19)11-8-10(2)24-14(11)17-15/h8H,3-7,9H2,1-2H3,(H,16,17,19). The van der Waals surface area contributed by atoms with Crippen LogP contribution in [0.3, 0.4) is 0 Å². The average molecular weight is 372 g/mol. The normalized spacial score (nSPS) is 11.1. The van der Waals surface area contributed by atoms with Crippen LogP contribution in [0.15, 0.2) is 16.0 Å². The molecule has 0 saturated carbocycles. The van der Waals surface area contributed by atoms with E-state index < -0.39 is 0 Å². The van der Waals surface area contributed by atoms with Gasteiger partial charge in [0.2, 0.25) is 0 Å². The molecular weight excluding hydrogens is 352 g/mol. The van der Waals surface area contributed by atoms with Gasteiger partial charge in [0, 0.05) is 11.5 Å². The van der Waals surface area contributed by atoms with Crippen molar-refractivity contribution in [3.05, 3.63) is 21.3 Å². The SMILES string of the molecule is CCOCCOCCOC(=O)CSc1nc2sc(C)cc2c(=O)[nH]1. The fraction of sp³-hybridized carbons (Fsp3) is 0.533. The van der Waals surface area contributed by atoms with Crippen LogP contribution in [0.4, 0.5) is 0 Å². The lowest BCUT2D eigenvalue weighted by Gasteiger charge is -2.06. The van der Waals surface area contributed by atoms with Crippen LogP contribution >= 0.6 is 23.1 Å². The summed E-state index contributed by atoms with van der Waals surface area (Å²) in [7, 11) is 0. The molecule has 0 saturated heterocycles. The minimum absolute atomic E-state index is 0.0811. The second-order valence-corrected chi connectivity index (χ2v) is 6.96. The largest absolute Gasteiger partial charge is 0.463 e. The van der Waals surface area contributed by atoms with Gasteiger partial charge >= 0.3 is 5.97 Å². The Morgan fingerprint density at radius 1 is 1.29 bits per heavy atom. The number of fused-ring (bicyclic) bond motifs is 1. The van der Waals surface area contributed by atoms with E-state index in [1.54, 1.807) is 6.07 Å². The number of aromatic amines is 1. The number of aromatic nitrogens is 2. The first-order valence-electron chi connectivity index (χ1n) is 7.54. The van der Waals surface area contributed by atoms with Crippen LogP contribution in [0, 0.1) is 6.92 Å². The number of ether oxygens (including phenoxy) is 3. The van der Waals surface area contributed by atoms with Crippen LogP contribution < -0.4 is 5.56 Å². The molecule has 0 radical (unpaired) electrons. The number of thioether (sulfide) groups is 1. The molecule has 2 heterocycles. The number of H-pyrrole nitrogens is 1. The Hall–Kier alpha value is -1.42. The molecule has 0 aliphatic rings. The lowest BCUT2D eigenvalue weighted by atomic mass is 10.4. The molecule has 2 aromatic heterocycles. The van der Waals surface area contributed by atoms with Crippen molar-refractivity contribution < 1.29 is 19.0 Å². The van der Waals surface area contributed by atoms with E-state index in [0.29, 0.717) is 41.8 Å². The van der Waals surface area contributed by atoms with E-state index in [9.17, 15) is 9.59 Å². The summed E-state index contributed by atoms with van der Waals surface area (Å²) in [6.45, 7) is 6.03. The Labute approximate surface area is 147 Å². The highest BCUT2D eigenvalue weighted by molar-refractivity contribution is 7.99. The Morgan fingerprint density at radius 3 is 2.83 bits per heavy atom. The Balaban J connectivity index is 1.71. The second-order valence-electron chi connectivity index (χ2n) is 4.77. The van der Waals surface area contributed by atoms with Gasteiger partial charge in [0.25, 0.3) is 5.56 Å². The minimum Gasteiger partial charge on any atom is -0.463 e. The van der Waals surface area contributed by atoms with Crippen LogP contribution in [-0.4, -0.2) is 54.7 Å². The molecule has 0 unspecified atom stereocenters. The van der Waals surface area contributed by atoms with Gasteiger partial charge in [-0.25, -0.2) is 4.98 Å². The molecule has 2 aromatic rings. The van der Waals surface area contributed by atoms with E-state index in [4.69, 9.17) is 14.2 Å². The number of rotatable bonds is 10. The summed E-state index contributed by atoms with van der Waals surface area (Å²) >= 11 is 2.60. The summed E-state index contributed by atoms with van der Waals surface area (Å²) in [5.74, 6) is -0.295. The number of nitrogens with zero attached hydrogens (tertiary/aromatic N) is 1. The van der Waals surface area contributed by atoms with Crippen molar-refractivity contribution in [3.8, 4) is 0 Å². The van der Waals surface area contributed by atoms with E-state index in [-0.39, 0.29) is 23.9 Å². The first-order chi connectivity index (χ1) is 11.6. The maximum Gasteiger partial charge on any atom is 0.316 e. The fourth-order valence-electron chi connectivity index (χ4n) is 1.85. The van der Waals surface area contributed by atoms with E-state index in [2.05, 4.69) is 9.97 Å². The molecule has 0 atom stereocenters. The maximum atomic E-state index is 11.9. The predicted octanol–water partition coefficient (Wildman–Crippen LogP) is 1.98. The summed E-state index contributed by atoms with van der Waals surface area (Å²) in [5.41, 5.74) is -0.192. The molecule has 132 valence electrons. The molecule has 0 spiro atoms. The van der Waals surface area contributed by atoms with Crippen molar-refractivity contribution >= 4 is 39.3 Å². The van der Waals surface area contributed by atoms with Crippen molar-refractivity contribution in [3.63, 3.8) is 0 Å². The van der Waals surface area contributed by atoms with Crippen LogP contribution in [-0.2, 0) is 19.0 Å². The van der Waals surface area contributed by atoms with E-state index in [1.165, 1.54) is 11.3 Å². The van der Waals surface area contributed by atoms with Crippen LogP contribution in [0.1, 0.15) is 11.8 Å².